The summed E-state index contributed by atoms with van der Waals surface area (Å²) < 4.78 is 7.90. The van der Waals surface area contributed by atoms with E-state index < -0.39 is 0 Å². The van der Waals surface area contributed by atoms with Crippen molar-refractivity contribution in [3.8, 4) is 5.75 Å². The lowest BCUT2D eigenvalue weighted by molar-refractivity contribution is 0.287. The van der Waals surface area contributed by atoms with Crippen LogP contribution in [0.4, 0.5) is 0 Å². The van der Waals surface area contributed by atoms with Crippen molar-refractivity contribution in [1.29, 1.82) is 0 Å². The molecule has 7 heteroatoms. The second kappa shape index (κ2) is 9.31. The van der Waals surface area contributed by atoms with E-state index in [1.54, 1.807) is 0 Å². The molecule has 1 heterocycles. The molecule has 3 rings (SSSR count). The van der Waals surface area contributed by atoms with Crippen molar-refractivity contribution in [3.63, 3.8) is 0 Å². The van der Waals surface area contributed by atoms with E-state index >= 15 is 0 Å². The third-order valence-electron chi connectivity index (χ3n) is 3.96. The van der Waals surface area contributed by atoms with Gasteiger partial charge in [0.1, 0.15) is 12.4 Å². The molecule has 0 unspecified atom stereocenters. The average Bonchev–Trinajstić information content (AvgIpc) is 3.03. The summed E-state index contributed by atoms with van der Waals surface area (Å²) in [7, 11) is 0. The van der Waals surface area contributed by atoms with Gasteiger partial charge in [0, 0.05) is 22.3 Å². The first kappa shape index (κ1) is 19.8. The molecule has 0 fully saturated rings. The minimum absolute atomic E-state index is 0.332. The first-order valence-corrected chi connectivity index (χ1v) is 10.1. The van der Waals surface area contributed by atoms with Gasteiger partial charge in [0.15, 0.2) is 11.0 Å². The molecule has 0 atom stereocenters. The maximum Gasteiger partial charge on any atom is 0.191 e. The summed E-state index contributed by atoms with van der Waals surface area (Å²) >= 11 is 14.0. The van der Waals surface area contributed by atoms with Gasteiger partial charge in [-0.1, -0.05) is 65.3 Å². The third kappa shape index (κ3) is 4.86. The van der Waals surface area contributed by atoms with E-state index in [4.69, 9.17) is 27.9 Å². The molecule has 2 aromatic carbocycles. The number of allylic oxidation sites excluding steroid dienone is 1. The molecule has 140 valence electrons. The van der Waals surface area contributed by atoms with Gasteiger partial charge in [0.2, 0.25) is 0 Å². The Kier molecular flexibility index (Phi) is 6.83. The number of halogens is 2. The van der Waals surface area contributed by atoms with Gasteiger partial charge in [0.05, 0.1) is 0 Å². The molecule has 0 saturated carbocycles. The van der Waals surface area contributed by atoms with Crippen LogP contribution in [-0.2, 0) is 18.9 Å². The van der Waals surface area contributed by atoms with Crippen molar-refractivity contribution in [3.05, 3.63) is 82.1 Å². The number of hydrogen-bond acceptors (Lipinski definition) is 4. The van der Waals surface area contributed by atoms with Crippen LogP contribution in [0, 0.1) is 6.92 Å². The van der Waals surface area contributed by atoms with Crippen molar-refractivity contribution in [2.75, 3.05) is 0 Å². The molecule has 0 radical (unpaired) electrons. The number of nitrogens with zero attached hydrogens (tertiary/aromatic N) is 3. The number of benzene rings is 2. The molecule has 0 amide bonds. The number of aromatic nitrogens is 3. The number of ether oxygens (including phenoxy) is 1. The smallest absolute Gasteiger partial charge is 0.191 e. The second-order valence-corrected chi connectivity index (χ2v) is 7.60. The molecule has 1 aromatic heterocycles. The van der Waals surface area contributed by atoms with Crippen LogP contribution in [0.2, 0.25) is 10.0 Å². The van der Waals surface area contributed by atoms with Crippen molar-refractivity contribution in [2.45, 2.75) is 31.0 Å². The Balaban J connectivity index is 1.75. The zero-order chi connectivity index (χ0) is 19.2. The molecule has 0 bridgehead atoms. The molecule has 0 aliphatic heterocycles. The molecule has 0 saturated heterocycles. The number of hydrogen-bond donors (Lipinski definition) is 0. The SMILES string of the molecule is C=CCn1c(COc2ccccc2C)nnc1SCc1c(Cl)cccc1Cl. The molecule has 4 nitrogen and oxygen atoms in total. The summed E-state index contributed by atoms with van der Waals surface area (Å²) in [4.78, 5) is 0. The molecule has 27 heavy (non-hydrogen) atoms. The van der Waals surface area contributed by atoms with E-state index in [2.05, 4.69) is 16.8 Å². The molecular weight excluding hydrogens is 401 g/mol. The second-order valence-electron chi connectivity index (χ2n) is 5.84. The Morgan fingerprint density at radius 2 is 1.85 bits per heavy atom. The molecule has 0 N–H and O–H groups in total. The fourth-order valence-electron chi connectivity index (χ4n) is 2.51. The lowest BCUT2D eigenvalue weighted by Crippen LogP contribution is -2.08. The summed E-state index contributed by atoms with van der Waals surface area (Å²) in [5.41, 5.74) is 1.96. The zero-order valence-corrected chi connectivity index (χ0v) is 17.2. The standard InChI is InChI=1S/C20H19Cl2N3OS/c1-3-11-25-19(12-26-18-10-5-4-7-14(18)2)23-24-20(25)27-13-15-16(21)8-6-9-17(15)22/h3-10H,1,11-13H2,2H3. The minimum Gasteiger partial charge on any atom is -0.485 e. The zero-order valence-electron chi connectivity index (χ0n) is 14.9. The van der Waals surface area contributed by atoms with E-state index in [0.29, 0.717) is 28.9 Å². The van der Waals surface area contributed by atoms with Crippen molar-refractivity contribution < 1.29 is 4.74 Å². The Hall–Kier alpha value is -1.95. The van der Waals surface area contributed by atoms with Crippen molar-refractivity contribution in [2.24, 2.45) is 0 Å². The summed E-state index contributed by atoms with van der Waals surface area (Å²) in [6, 6.07) is 13.4. The van der Waals surface area contributed by atoms with Crippen LogP contribution in [0.25, 0.3) is 0 Å². The normalized spacial score (nSPS) is 10.8. The van der Waals surface area contributed by atoms with Crippen molar-refractivity contribution >= 4 is 35.0 Å². The molecule has 0 aliphatic carbocycles. The van der Waals surface area contributed by atoms with Crippen LogP contribution in [0.15, 0.2) is 60.3 Å². The van der Waals surface area contributed by atoms with E-state index in [1.807, 2.05) is 60.0 Å². The molecular formula is C20H19Cl2N3OS. The predicted octanol–water partition coefficient (Wildman–Crippen LogP) is 5.95. The number of rotatable bonds is 8. The van der Waals surface area contributed by atoms with Crippen LogP contribution in [0.5, 0.6) is 5.75 Å². The predicted molar refractivity (Wildman–Crippen MR) is 112 cm³/mol. The van der Waals surface area contributed by atoms with Crippen LogP contribution in [-0.4, -0.2) is 14.8 Å². The van der Waals surface area contributed by atoms with E-state index in [9.17, 15) is 0 Å². The van der Waals surface area contributed by atoms with Crippen LogP contribution in [0.3, 0.4) is 0 Å². The summed E-state index contributed by atoms with van der Waals surface area (Å²) in [6.07, 6.45) is 1.81. The van der Waals surface area contributed by atoms with Gasteiger partial charge in [-0.15, -0.1) is 16.8 Å². The molecule has 0 aliphatic rings. The number of aryl methyl sites for hydroxylation is 1. The fraction of sp³-hybridized carbons (Fsp3) is 0.200. The highest BCUT2D eigenvalue weighted by atomic mass is 35.5. The average molecular weight is 420 g/mol. The first-order chi connectivity index (χ1) is 13.1. The summed E-state index contributed by atoms with van der Waals surface area (Å²) in [5, 5.41) is 10.7. The van der Waals surface area contributed by atoms with Gasteiger partial charge in [-0.3, -0.25) is 4.57 Å². The highest BCUT2D eigenvalue weighted by Gasteiger charge is 2.14. The van der Waals surface area contributed by atoms with Gasteiger partial charge < -0.3 is 4.74 Å². The van der Waals surface area contributed by atoms with Gasteiger partial charge in [-0.25, -0.2) is 0 Å². The van der Waals surface area contributed by atoms with Crippen LogP contribution < -0.4 is 4.74 Å². The van der Waals surface area contributed by atoms with Gasteiger partial charge in [-0.05, 0) is 36.2 Å². The monoisotopic (exact) mass is 419 g/mol. The van der Waals surface area contributed by atoms with E-state index in [1.165, 1.54) is 11.8 Å². The largest absolute Gasteiger partial charge is 0.485 e. The van der Waals surface area contributed by atoms with Crippen LogP contribution in [0.1, 0.15) is 17.0 Å². The lowest BCUT2D eigenvalue weighted by Gasteiger charge is -2.11. The Labute approximate surface area is 173 Å². The molecule has 0 spiro atoms. The van der Waals surface area contributed by atoms with Crippen LogP contribution >= 0.6 is 35.0 Å². The number of para-hydroxylation sites is 1. The maximum atomic E-state index is 6.26. The maximum absolute atomic E-state index is 6.26. The Morgan fingerprint density at radius 3 is 2.56 bits per heavy atom. The van der Waals surface area contributed by atoms with E-state index in [-0.39, 0.29) is 0 Å². The lowest BCUT2D eigenvalue weighted by atomic mass is 10.2. The summed E-state index contributed by atoms with van der Waals surface area (Å²) in [5.74, 6) is 2.18. The highest BCUT2D eigenvalue weighted by Crippen LogP contribution is 2.31. The van der Waals surface area contributed by atoms with Crippen molar-refractivity contribution in [1.82, 2.24) is 14.8 Å². The van der Waals surface area contributed by atoms with Gasteiger partial charge in [-0.2, -0.15) is 0 Å². The highest BCUT2D eigenvalue weighted by molar-refractivity contribution is 7.98. The molecule has 3 aromatic rings. The van der Waals surface area contributed by atoms with Gasteiger partial charge in [0.25, 0.3) is 0 Å². The first-order valence-electron chi connectivity index (χ1n) is 8.37. The third-order valence-corrected chi connectivity index (χ3v) is 5.66. The van der Waals surface area contributed by atoms with E-state index in [0.717, 1.165) is 27.9 Å². The number of thioether (sulfide) groups is 1. The Bertz CT molecular complexity index is 922. The summed E-state index contributed by atoms with van der Waals surface area (Å²) in [6.45, 7) is 6.77. The Morgan fingerprint density at radius 1 is 1.11 bits per heavy atom. The minimum atomic E-state index is 0.332. The topological polar surface area (TPSA) is 39.9 Å². The van der Waals surface area contributed by atoms with Gasteiger partial charge >= 0.3 is 0 Å². The quantitative estimate of drug-likeness (QED) is 0.334. The fourth-order valence-corrected chi connectivity index (χ4v) is 4.22.